The number of hydrogen-bond acceptors (Lipinski definition) is 5. The van der Waals surface area contributed by atoms with Crippen LogP contribution in [0.3, 0.4) is 0 Å². The van der Waals surface area contributed by atoms with Gasteiger partial charge in [0.1, 0.15) is 28.9 Å². The summed E-state index contributed by atoms with van der Waals surface area (Å²) in [5.74, 6) is -0.176. The molecule has 3 heterocycles. The summed E-state index contributed by atoms with van der Waals surface area (Å²) in [6.45, 7) is 1.66. The van der Waals surface area contributed by atoms with Crippen LogP contribution in [-0.2, 0) is 11.3 Å². The van der Waals surface area contributed by atoms with Crippen molar-refractivity contribution in [1.82, 2.24) is 4.90 Å². The number of rotatable bonds is 7. The average Bonchev–Trinajstić information content (AvgIpc) is 3.38. The van der Waals surface area contributed by atoms with Gasteiger partial charge in [0.05, 0.1) is 0 Å². The van der Waals surface area contributed by atoms with E-state index in [1.54, 1.807) is 17.0 Å². The predicted molar refractivity (Wildman–Crippen MR) is 108 cm³/mol. The molecule has 0 spiro atoms. The van der Waals surface area contributed by atoms with Gasteiger partial charge < -0.3 is 19.2 Å². The van der Waals surface area contributed by atoms with Crippen molar-refractivity contribution in [3.05, 3.63) is 59.2 Å². The lowest BCUT2D eigenvalue weighted by molar-refractivity contribution is 0.0467. The van der Waals surface area contributed by atoms with Crippen LogP contribution in [0.4, 0.5) is 0 Å². The highest BCUT2D eigenvalue weighted by Gasteiger charge is 2.32. The van der Waals surface area contributed by atoms with Crippen molar-refractivity contribution in [2.24, 2.45) is 5.92 Å². The quantitative estimate of drug-likeness (QED) is 0.615. The van der Waals surface area contributed by atoms with Crippen LogP contribution in [0.15, 0.2) is 46.9 Å². The maximum absolute atomic E-state index is 13.2. The summed E-state index contributed by atoms with van der Waals surface area (Å²) in [6.07, 6.45) is 3.61. The lowest BCUT2D eigenvalue weighted by atomic mass is 9.92. The lowest BCUT2D eigenvalue weighted by Gasteiger charge is -2.32. The Bertz CT molecular complexity index is 956. The second kappa shape index (κ2) is 8.66. The van der Waals surface area contributed by atoms with Crippen molar-refractivity contribution in [2.75, 3.05) is 19.7 Å². The fourth-order valence-electron chi connectivity index (χ4n) is 4.03. The molecule has 152 valence electrons. The lowest BCUT2D eigenvalue weighted by Crippen LogP contribution is -2.39. The van der Waals surface area contributed by atoms with E-state index >= 15 is 0 Å². The largest absolute Gasteiger partial charge is 0.457 e. The van der Waals surface area contributed by atoms with E-state index in [9.17, 15) is 9.59 Å². The molecule has 6 heteroatoms. The molecule has 1 N–H and O–H groups in total. The van der Waals surface area contributed by atoms with E-state index in [4.69, 9.17) is 14.3 Å². The number of ether oxygens (including phenoxy) is 1. The number of amides is 1. The minimum absolute atomic E-state index is 0.146. The van der Waals surface area contributed by atoms with Crippen molar-refractivity contribution in [1.29, 1.82) is 0 Å². The Kier molecular flexibility index (Phi) is 5.81. The molecule has 0 atom stereocenters. The van der Waals surface area contributed by atoms with Gasteiger partial charge in [-0.2, -0.15) is 0 Å². The van der Waals surface area contributed by atoms with Crippen molar-refractivity contribution in [3.8, 4) is 0 Å². The first-order chi connectivity index (χ1) is 14.2. The zero-order valence-electron chi connectivity index (χ0n) is 16.3. The fourth-order valence-corrected chi connectivity index (χ4v) is 4.03. The Morgan fingerprint density at radius 1 is 1.03 bits per heavy atom. The van der Waals surface area contributed by atoms with Gasteiger partial charge in [-0.1, -0.05) is 30.3 Å². The molecule has 0 radical (unpaired) electrons. The number of furan rings is 2. The second-order valence-electron chi connectivity index (χ2n) is 7.58. The number of piperidine rings is 1. The third-order valence-corrected chi connectivity index (χ3v) is 5.65. The molecule has 2 aromatic heterocycles. The van der Waals surface area contributed by atoms with Gasteiger partial charge in [0.25, 0.3) is 5.91 Å². The summed E-state index contributed by atoms with van der Waals surface area (Å²) >= 11 is 0. The molecule has 1 fully saturated rings. The monoisotopic (exact) mass is 395 g/mol. The van der Waals surface area contributed by atoms with Crippen LogP contribution in [-0.4, -0.2) is 41.6 Å². The highest BCUT2D eigenvalue weighted by molar-refractivity contribution is 6.14. The number of nitrogens with zero attached hydrogens (tertiary/aromatic N) is 1. The van der Waals surface area contributed by atoms with E-state index in [2.05, 4.69) is 0 Å². The zero-order chi connectivity index (χ0) is 20.2. The number of aliphatic hydroxyl groups is 1. The number of carbonyl (C=O) groups excluding carboxylic acids is 2. The van der Waals surface area contributed by atoms with Crippen LogP contribution >= 0.6 is 0 Å². The topological polar surface area (TPSA) is 80.0 Å². The molecule has 2 bridgehead atoms. The number of likely N-dealkylation sites (tertiary alicyclic amines) is 1. The number of hydrogen-bond donors (Lipinski definition) is 1. The zero-order valence-corrected chi connectivity index (χ0v) is 16.3. The highest BCUT2D eigenvalue weighted by Crippen LogP contribution is 2.32. The van der Waals surface area contributed by atoms with Gasteiger partial charge >= 0.3 is 5.97 Å². The number of benzene rings is 2. The molecule has 1 aliphatic rings. The van der Waals surface area contributed by atoms with Crippen LogP contribution < -0.4 is 0 Å². The Hall–Kier alpha value is -2.86. The van der Waals surface area contributed by atoms with E-state index in [0.717, 1.165) is 31.2 Å². The number of esters is 1. The summed E-state index contributed by atoms with van der Waals surface area (Å²) in [5, 5.41) is 9.00. The molecule has 0 aliphatic carbocycles. The SMILES string of the molecule is O=C(OCc1ccccc1)c1c(C(=O)N2CCC(CCCO)CC2)c2ccc1o2. The number of carbonyl (C=O) groups is 2. The summed E-state index contributed by atoms with van der Waals surface area (Å²) in [5.41, 5.74) is 2.25. The Morgan fingerprint density at radius 2 is 1.72 bits per heavy atom. The van der Waals surface area contributed by atoms with E-state index < -0.39 is 5.97 Å². The molecule has 6 nitrogen and oxygen atoms in total. The fraction of sp³-hybridized carbons (Fsp3) is 0.391. The van der Waals surface area contributed by atoms with E-state index in [1.807, 2.05) is 30.3 Å². The van der Waals surface area contributed by atoms with E-state index in [0.29, 0.717) is 35.7 Å². The second-order valence-corrected chi connectivity index (χ2v) is 7.58. The molecule has 1 aliphatic heterocycles. The maximum Gasteiger partial charge on any atom is 0.343 e. The van der Waals surface area contributed by atoms with Gasteiger partial charge in [0.15, 0.2) is 0 Å². The van der Waals surface area contributed by atoms with Crippen molar-refractivity contribution < 1.29 is 23.8 Å². The van der Waals surface area contributed by atoms with E-state index in [1.165, 1.54) is 0 Å². The molecule has 0 unspecified atom stereocenters. The van der Waals surface area contributed by atoms with Crippen LogP contribution in [0.2, 0.25) is 0 Å². The van der Waals surface area contributed by atoms with Crippen LogP contribution in [0.25, 0.3) is 11.2 Å². The van der Waals surface area contributed by atoms with Crippen LogP contribution in [0.5, 0.6) is 0 Å². The molecular weight excluding hydrogens is 370 g/mol. The smallest absolute Gasteiger partial charge is 0.343 e. The Balaban J connectivity index is 1.46. The van der Waals surface area contributed by atoms with Gasteiger partial charge in [0.2, 0.25) is 0 Å². The van der Waals surface area contributed by atoms with Crippen molar-refractivity contribution in [3.63, 3.8) is 0 Å². The third kappa shape index (κ3) is 4.12. The van der Waals surface area contributed by atoms with Gasteiger partial charge in [0, 0.05) is 19.7 Å². The van der Waals surface area contributed by atoms with Crippen molar-refractivity contribution in [2.45, 2.75) is 32.3 Å². The summed E-state index contributed by atoms with van der Waals surface area (Å²) in [7, 11) is 0. The van der Waals surface area contributed by atoms with Crippen LogP contribution in [0.1, 0.15) is 52.0 Å². The molecule has 29 heavy (non-hydrogen) atoms. The average molecular weight is 395 g/mol. The first kappa shape index (κ1) is 19.5. The normalized spacial score (nSPS) is 15.1. The first-order valence-electron chi connectivity index (χ1n) is 10.1. The third-order valence-electron chi connectivity index (χ3n) is 5.65. The number of fused-ring (bicyclic) bond motifs is 2. The first-order valence-corrected chi connectivity index (χ1v) is 10.1. The molecule has 1 saturated heterocycles. The van der Waals surface area contributed by atoms with E-state index in [-0.39, 0.29) is 24.7 Å². The standard InChI is InChI=1S/C23H25NO5/c25-14-4-7-16-10-12-24(13-11-16)22(26)20-18-8-9-19(29-18)21(20)23(27)28-15-17-5-2-1-3-6-17/h1-3,5-6,8-9,16,25H,4,7,10-15H2. The maximum atomic E-state index is 13.2. The summed E-state index contributed by atoms with van der Waals surface area (Å²) < 4.78 is 11.1. The minimum atomic E-state index is -0.538. The number of aliphatic hydroxyl groups excluding tert-OH is 1. The summed E-state index contributed by atoms with van der Waals surface area (Å²) in [6, 6.07) is 12.9. The minimum Gasteiger partial charge on any atom is -0.457 e. The molecule has 4 rings (SSSR count). The molecule has 0 saturated carbocycles. The highest BCUT2D eigenvalue weighted by atomic mass is 16.5. The van der Waals surface area contributed by atoms with Gasteiger partial charge in [-0.15, -0.1) is 0 Å². The Morgan fingerprint density at radius 3 is 2.41 bits per heavy atom. The molecule has 1 aromatic carbocycles. The van der Waals surface area contributed by atoms with Crippen molar-refractivity contribution >= 4 is 23.0 Å². The predicted octanol–water partition coefficient (Wildman–Crippen LogP) is 3.85. The van der Waals surface area contributed by atoms with Crippen LogP contribution in [0, 0.1) is 5.92 Å². The van der Waals surface area contributed by atoms with Gasteiger partial charge in [-0.05, 0) is 49.3 Å². The molecular formula is C23H25NO5. The summed E-state index contributed by atoms with van der Waals surface area (Å²) in [4.78, 5) is 27.7. The molecule has 1 amide bonds. The van der Waals surface area contributed by atoms with Gasteiger partial charge in [-0.3, -0.25) is 4.79 Å². The van der Waals surface area contributed by atoms with Gasteiger partial charge in [-0.25, -0.2) is 4.79 Å². The molecule has 3 aromatic rings. The Labute approximate surface area is 169 Å².